The molecule has 6 heteroatoms. The minimum atomic E-state index is -4.02. The molecule has 0 saturated carbocycles. The van der Waals surface area contributed by atoms with Crippen LogP contribution < -0.4 is 4.57 Å². The van der Waals surface area contributed by atoms with Crippen molar-refractivity contribution >= 4 is 15.9 Å². The molecule has 0 bridgehead atoms. The Labute approximate surface area is 124 Å². The molecule has 0 aliphatic carbocycles. The van der Waals surface area contributed by atoms with Crippen LogP contribution in [0.25, 0.3) is 0 Å². The van der Waals surface area contributed by atoms with Gasteiger partial charge in [0.2, 0.25) is 11.5 Å². The van der Waals surface area contributed by atoms with Crippen LogP contribution in [0.1, 0.15) is 23.0 Å². The fraction of sp³-hybridized carbons (Fsp3) is 0.200. The second kappa shape index (κ2) is 7.10. The van der Waals surface area contributed by atoms with Crippen molar-refractivity contribution < 1.29 is 22.3 Å². The normalized spacial score (nSPS) is 10.5. The van der Waals surface area contributed by atoms with Crippen LogP contribution in [0.4, 0.5) is 0 Å². The molecule has 2 rings (SSSR count). The van der Waals surface area contributed by atoms with Gasteiger partial charge in [-0.3, -0.25) is 9.35 Å². The van der Waals surface area contributed by atoms with Gasteiger partial charge in [0.25, 0.3) is 10.1 Å². The van der Waals surface area contributed by atoms with E-state index in [1.165, 1.54) is 12.1 Å². The third-order valence-corrected chi connectivity index (χ3v) is 3.60. The molecule has 1 aromatic heterocycles. The molecule has 5 nitrogen and oxygen atoms in total. The molecule has 1 aromatic carbocycles. The van der Waals surface area contributed by atoms with E-state index in [1.54, 1.807) is 19.1 Å². The number of nitrogens with zero attached hydrogens (tertiary/aromatic N) is 1. The molecule has 0 radical (unpaired) electrons. The maximum absolute atomic E-state index is 10.8. The van der Waals surface area contributed by atoms with Gasteiger partial charge in [-0.2, -0.15) is 13.0 Å². The topological polar surface area (TPSA) is 75.3 Å². The van der Waals surface area contributed by atoms with Crippen LogP contribution in [0, 0.1) is 6.92 Å². The smallest absolute Gasteiger partial charge is 0.288 e. The Kier molecular flexibility index (Phi) is 5.75. The average Bonchev–Trinajstić information content (AvgIpc) is 2.39. The number of carbonyl (C=O) groups is 1. The molecule has 1 N–H and O–H groups in total. The van der Waals surface area contributed by atoms with Gasteiger partial charge in [-0.05, 0) is 25.1 Å². The number of hydrogen-bond acceptors (Lipinski definition) is 3. The Bertz CT molecular complexity index is 722. The predicted molar refractivity (Wildman–Crippen MR) is 78.6 cm³/mol. The Morgan fingerprint density at radius 2 is 1.67 bits per heavy atom. The van der Waals surface area contributed by atoms with E-state index in [9.17, 15) is 13.2 Å². The lowest BCUT2D eigenvalue weighted by Crippen LogP contribution is -2.34. The van der Waals surface area contributed by atoms with Crippen LogP contribution in [0.15, 0.2) is 53.6 Å². The average molecular weight is 308 g/mol. The zero-order valence-electron chi connectivity index (χ0n) is 12.1. The van der Waals surface area contributed by atoms with Gasteiger partial charge in [-0.25, -0.2) is 0 Å². The summed E-state index contributed by atoms with van der Waals surface area (Å²) < 4.78 is 31.4. The summed E-state index contributed by atoms with van der Waals surface area (Å²) in [5.41, 5.74) is 1.69. The molecule has 0 aliphatic rings. The highest BCUT2D eigenvalue weighted by Gasteiger charge is 2.08. The second-order valence-corrected chi connectivity index (χ2v) is 5.96. The van der Waals surface area contributed by atoms with Crippen molar-refractivity contribution in [2.75, 3.05) is 0 Å². The van der Waals surface area contributed by atoms with E-state index in [0.717, 1.165) is 11.3 Å². The van der Waals surface area contributed by atoms with Crippen LogP contribution in [-0.2, 0) is 17.2 Å². The van der Waals surface area contributed by atoms with Gasteiger partial charge in [-0.1, -0.05) is 17.7 Å². The zero-order chi connectivity index (χ0) is 16.0. The van der Waals surface area contributed by atoms with Crippen LogP contribution in [0.3, 0.4) is 0 Å². The van der Waals surface area contributed by atoms with Gasteiger partial charge < -0.3 is 0 Å². The van der Waals surface area contributed by atoms with E-state index in [-0.39, 0.29) is 10.7 Å². The van der Waals surface area contributed by atoms with E-state index in [0.29, 0.717) is 0 Å². The predicted octanol–water partition coefficient (Wildman–Crippen LogP) is 1.96. The first-order valence-electron chi connectivity index (χ1n) is 6.21. The summed E-state index contributed by atoms with van der Waals surface area (Å²) in [6, 6.07) is 11.5. The standard InChI is InChI=1S/C8H10NO.C7H8O3S/c1-7(10)8-5-3-4-6-9(8)2;1-6-2-4-7(5-3-6)11(8,9)10/h3-6H,1-2H3;2-5H,1H3,(H,8,9,10)/q+1;. The Balaban J connectivity index is 0.000000211. The third kappa shape index (κ3) is 5.45. The lowest BCUT2D eigenvalue weighted by molar-refractivity contribution is -0.673. The summed E-state index contributed by atoms with van der Waals surface area (Å²) in [5, 5.41) is 0. The van der Waals surface area contributed by atoms with Crippen molar-refractivity contribution in [1.29, 1.82) is 0 Å². The quantitative estimate of drug-likeness (QED) is 0.523. The molecule has 0 amide bonds. The first kappa shape index (κ1) is 17.0. The molecule has 0 unspecified atom stereocenters. The van der Waals surface area contributed by atoms with E-state index >= 15 is 0 Å². The number of aryl methyl sites for hydroxylation is 2. The van der Waals surface area contributed by atoms with Crippen LogP contribution in [0.5, 0.6) is 0 Å². The van der Waals surface area contributed by atoms with Gasteiger partial charge in [0, 0.05) is 19.1 Å². The SMILES string of the molecule is CC(=O)c1cccc[n+]1C.Cc1ccc(S(=O)(=O)O)cc1. The van der Waals surface area contributed by atoms with E-state index in [2.05, 4.69) is 0 Å². The third-order valence-electron chi connectivity index (χ3n) is 2.73. The van der Waals surface area contributed by atoms with Gasteiger partial charge in [0.15, 0.2) is 6.20 Å². The highest BCUT2D eigenvalue weighted by Crippen LogP contribution is 2.08. The van der Waals surface area contributed by atoms with E-state index in [4.69, 9.17) is 4.55 Å². The molecule has 0 spiro atoms. The molecule has 112 valence electrons. The fourth-order valence-electron chi connectivity index (χ4n) is 1.60. The van der Waals surface area contributed by atoms with Crippen molar-refractivity contribution in [3.63, 3.8) is 0 Å². The van der Waals surface area contributed by atoms with Crippen molar-refractivity contribution in [3.8, 4) is 0 Å². The first-order valence-corrected chi connectivity index (χ1v) is 7.65. The van der Waals surface area contributed by atoms with Crippen LogP contribution in [0.2, 0.25) is 0 Å². The number of aromatic nitrogens is 1. The lowest BCUT2D eigenvalue weighted by atomic mass is 10.2. The monoisotopic (exact) mass is 308 g/mol. The van der Waals surface area contributed by atoms with Crippen molar-refractivity contribution in [2.24, 2.45) is 7.05 Å². The summed E-state index contributed by atoms with van der Waals surface area (Å²) in [5.74, 6) is 0.100. The molecule has 0 fully saturated rings. The Hall–Kier alpha value is -2.05. The summed E-state index contributed by atoms with van der Waals surface area (Å²) in [4.78, 5) is 10.8. The number of benzene rings is 1. The summed E-state index contributed by atoms with van der Waals surface area (Å²) in [6.07, 6.45) is 1.86. The minimum absolute atomic E-state index is 0.0666. The van der Waals surface area contributed by atoms with E-state index < -0.39 is 10.1 Å². The highest BCUT2D eigenvalue weighted by molar-refractivity contribution is 7.85. The summed E-state index contributed by atoms with van der Waals surface area (Å²) in [7, 11) is -2.16. The molecule has 2 aromatic rings. The summed E-state index contributed by atoms with van der Waals surface area (Å²) in [6.45, 7) is 3.41. The largest absolute Gasteiger partial charge is 0.294 e. The fourth-order valence-corrected chi connectivity index (χ4v) is 2.08. The number of pyridine rings is 1. The summed E-state index contributed by atoms with van der Waals surface area (Å²) >= 11 is 0. The molecule has 21 heavy (non-hydrogen) atoms. The Morgan fingerprint density at radius 1 is 1.10 bits per heavy atom. The number of ketones is 1. The molecular formula is C15H18NO4S+. The number of rotatable bonds is 2. The highest BCUT2D eigenvalue weighted by atomic mass is 32.2. The van der Waals surface area contributed by atoms with Gasteiger partial charge in [0.1, 0.15) is 7.05 Å². The lowest BCUT2D eigenvalue weighted by Gasteiger charge is -1.95. The van der Waals surface area contributed by atoms with Crippen molar-refractivity contribution in [2.45, 2.75) is 18.7 Å². The van der Waals surface area contributed by atoms with Crippen LogP contribution in [-0.4, -0.2) is 18.8 Å². The minimum Gasteiger partial charge on any atom is -0.288 e. The number of carbonyl (C=O) groups excluding carboxylic acids is 1. The molecule has 0 saturated heterocycles. The maximum Gasteiger partial charge on any atom is 0.294 e. The Morgan fingerprint density at radius 3 is 2.05 bits per heavy atom. The van der Waals surface area contributed by atoms with Gasteiger partial charge in [0.05, 0.1) is 4.90 Å². The molecule has 1 heterocycles. The molecule has 0 atom stereocenters. The maximum atomic E-state index is 10.8. The van der Waals surface area contributed by atoms with Crippen molar-refractivity contribution in [3.05, 3.63) is 59.9 Å². The zero-order valence-corrected chi connectivity index (χ0v) is 13.0. The van der Waals surface area contributed by atoms with E-state index in [1.807, 2.05) is 42.9 Å². The molecular weight excluding hydrogens is 290 g/mol. The first-order chi connectivity index (χ1) is 9.71. The van der Waals surface area contributed by atoms with Gasteiger partial charge in [-0.15, -0.1) is 0 Å². The second-order valence-electron chi connectivity index (χ2n) is 4.54. The number of hydrogen-bond donors (Lipinski definition) is 1. The van der Waals surface area contributed by atoms with Crippen molar-refractivity contribution in [1.82, 2.24) is 0 Å². The number of Topliss-reactive ketones (excluding diaryl/α,β-unsaturated/α-hetero) is 1. The molecule has 0 aliphatic heterocycles. The van der Waals surface area contributed by atoms with Crippen LogP contribution >= 0.6 is 0 Å². The van der Waals surface area contributed by atoms with Gasteiger partial charge >= 0.3 is 0 Å².